The van der Waals surface area contributed by atoms with Crippen LogP contribution < -0.4 is 0 Å². The number of hydrogen-bond donors (Lipinski definition) is 1. The summed E-state index contributed by atoms with van der Waals surface area (Å²) in [5.74, 6) is 0.521. The maximum Gasteiger partial charge on any atom is 0.0903 e. The third kappa shape index (κ3) is 5.90. The van der Waals surface area contributed by atoms with Crippen molar-refractivity contribution in [2.24, 2.45) is 15.9 Å². The summed E-state index contributed by atoms with van der Waals surface area (Å²) in [6.07, 6.45) is 6.55. The van der Waals surface area contributed by atoms with E-state index < -0.39 is 0 Å². The van der Waals surface area contributed by atoms with Gasteiger partial charge in [-0.2, -0.15) is 0 Å². The van der Waals surface area contributed by atoms with Crippen LogP contribution in [0.25, 0.3) is 75.9 Å². The number of rotatable bonds is 8. The average Bonchev–Trinajstić information content (AvgIpc) is 4.01. The quantitative estimate of drug-likeness (QED) is 0.120. The molecule has 0 aliphatic heterocycles. The second-order valence-corrected chi connectivity index (χ2v) is 15.8. The summed E-state index contributed by atoms with van der Waals surface area (Å²) >= 11 is 1.78. The van der Waals surface area contributed by atoms with Gasteiger partial charge in [-0.05, 0) is 134 Å². The van der Waals surface area contributed by atoms with Crippen molar-refractivity contribution in [2.45, 2.75) is 26.3 Å². The highest BCUT2D eigenvalue weighted by Crippen LogP contribution is 2.43. The molecule has 1 N–H and O–H groups in total. The van der Waals surface area contributed by atoms with Gasteiger partial charge in [-0.3, -0.25) is 9.98 Å². The molecule has 55 heavy (non-hydrogen) atoms. The third-order valence-corrected chi connectivity index (χ3v) is 12.4. The normalized spacial score (nSPS) is 14.7. The summed E-state index contributed by atoms with van der Waals surface area (Å²) in [7, 11) is 0. The van der Waals surface area contributed by atoms with E-state index in [0.717, 1.165) is 40.2 Å². The molecule has 0 saturated carbocycles. The van der Waals surface area contributed by atoms with E-state index in [0.29, 0.717) is 12.5 Å². The number of fused-ring (bicyclic) bond motifs is 5. The first-order valence-electron chi connectivity index (χ1n) is 19.1. The number of thiophene rings is 1. The zero-order valence-corrected chi connectivity index (χ0v) is 31.5. The van der Waals surface area contributed by atoms with Crippen molar-refractivity contribution in [3.05, 3.63) is 174 Å². The van der Waals surface area contributed by atoms with Gasteiger partial charge in [-0.15, -0.1) is 11.3 Å². The summed E-state index contributed by atoms with van der Waals surface area (Å²) in [6, 6.07) is 53.0. The van der Waals surface area contributed by atoms with Crippen LogP contribution in [0, 0.1) is 5.92 Å². The largest absolute Gasteiger partial charge is 0.361 e. The summed E-state index contributed by atoms with van der Waals surface area (Å²) < 4.78 is 1.21. The molecule has 2 heterocycles. The Morgan fingerprint density at radius 3 is 2.11 bits per heavy atom. The van der Waals surface area contributed by atoms with E-state index in [4.69, 9.17) is 4.99 Å². The Morgan fingerprint density at radius 2 is 1.35 bits per heavy atom. The van der Waals surface area contributed by atoms with Gasteiger partial charge in [0.2, 0.25) is 0 Å². The van der Waals surface area contributed by atoms with Gasteiger partial charge < -0.3 is 4.98 Å². The Bertz CT molecular complexity index is 3000. The van der Waals surface area contributed by atoms with Crippen LogP contribution in [0.15, 0.2) is 173 Å². The van der Waals surface area contributed by atoms with Crippen molar-refractivity contribution in [1.82, 2.24) is 4.98 Å². The van der Waals surface area contributed by atoms with E-state index >= 15 is 0 Å². The predicted molar refractivity (Wildman–Crippen MR) is 237 cm³/mol. The Hall–Kier alpha value is -6.36. The Kier molecular flexibility index (Phi) is 8.34. The Labute approximate surface area is 325 Å². The molecule has 0 spiro atoms. The molecule has 0 radical (unpaired) electrons. The summed E-state index contributed by atoms with van der Waals surface area (Å²) in [5.41, 5.74) is 11.6. The number of benzene rings is 7. The maximum absolute atomic E-state index is 5.54. The first-order chi connectivity index (χ1) is 27.1. The van der Waals surface area contributed by atoms with Gasteiger partial charge in [0.25, 0.3) is 0 Å². The second-order valence-electron chi connectivity index (χ2n) is 14.7. The van der Waals surface area contributed by atoms with E-state index in [1.165, 1.54) is 76.0 Å². The van der Waals surface area contributed by atoms with Gasteiger partial charge in [0, 0.05) is 27.5 Å². The lowest BCUT2D eigenvalue weighted by Crippen LogP contribution is -2.03. The molecule has 10 rings (SSSR count). The van der Waals surface area contributed by atoms with Crippen LogP contribution in [-0.4, -0.2) is 17.4 Å². The zero-order chi connectivity index (χ0) is 36.9. The van der Waals surface area contributed by atoms with Crippen molar-refractivity contribution in [3.63, 3.8) is 0 Å². The minimum absolute atomic E-state index is 0.521. The average molecular weight is 726 g/mol. The number of hydrogen-bond acceptors (Lipinski definition) is 3. The van der Waals surface area contributed by atoms with E-state index in [1.54, 1.807) is 11.3 Å². The van der Waals surface area contributed by atoms with Crippen molar-refractivity contribution in [1.29, 1.82) is 0 Å². The van der Waals surface area contributed by atoms with Gasteiger partial charge in [0.05, 0.1) is 22.8 Å². The van der Waals surface area contributed by atoms with E-state index in [2.05, 4.69) is 175 Å². The number of nitrogens with zero attached hydrogens (tertiary/aromatic N) is 2. The molecule has 3 nitrogen and oxygen atoms in total. The fourth-order valence-corrected chi connectivity index (χ4v) is 9.82. The number of allylic oxidation sites excluding steroid dienone is 2. The van der Waals surface area contributed by atoms with Gasteiger partial charge in [0.15, 0.2) is 0 Å². The van der Waals surface area contributed by atoms with Gasteiger partial charge in [0.1, 0.15) is 0 Å². The lowest BCUT2D eigenvalue weighted by Gasteiger charge is -2.16. The molecule has 0 fully saturated rings. The summed E-state index contributed by atoms with van der Waals surface area (Å²) in [4.78, 5) is 14.7. The van der Waals surface area contributed by atoms with Crippen LogP contribution >= 0.6 is 11.3 Å². The lowest BCUT2D eigenvalue weighted by atomic mass is 9.89. The minimum atomic E-state index is 0.521. The number of aromatic amines is 1. The molecular formula is C51H39N3S. The first-order valence-corrected chi connectivity index (χ1v) is 19.9. The molecule has 7 aromatic carbocycles. The monoisotopic (exact) mass is 725 g/mol. The van der Waals surface area contributed by atoms with Crippen LogP contribution in [0.2, 0.25) is 0 Å². The molecule has 2 aromatic heterocycles. The summed E-state index contributed by atoms with van der Waals surface area (Å²) in [6.45, 7) is 6.86. The Balaban J connectivity index is 1.19. The molecule has 9 aromatic rings. The molecule has 0 bridgehead atoms. The molecular weight excluding hydrogens is 687 g/mol. The molecule has 264 valence electrons. The SMILES string of the molecule is C=Nc1c(C(=NCc2cc(-c3cccc4c(-c5ccc[nH]5)cccc34)cc(-c3cc4ccccc4c4ccccc34)c2)C2=CC(C)CC2)sc2ccccc12. The van der Waals surface area contributed by atoms with Crippen LogP contribution in [0.3, 0.4) is 0 Å². The number of H-pyrrole nitrogens is 1. The van der Waals surface area contributed by atoms with Crippen molar-refractivity contribution < 1.29 is 0 Å². The fourth-order valence-electron chi connectivity index (χ4n) is 8.61. The Morgan fingerprint density at radius 1 is 0.673 bits per heavy atom. The van der Waals surface area contributed by atoms with E-state index in [-0.39, 0.29) is 0 Å². The third-order valence-electron chi connectivity index (χ3n) is 11.2. The molecule has 0 amide bonds. The van der Waals surface area contributed by atoms with Crippen molar-refractivity contribution in [2.75, 3.05) is 0 Å². The highest BCUT2D eigenvalue weighted by Gasteiger charge is 2.23. The van der Waals surface area contributed by atoms with E-state index in [9.17, 15) is 0 Å². The zero-order valence-electron chi connectivity index (χ0n) is 30.7. The molecule has 1 atom stereocenters. The second kappa shape index (κ2) is 13.8. The maximum atomic E-state index is 5.54. The van der Waals surface area contributed by atoms with Gasteiger partial charge >= 0.3 is 0 Å². The van der Waals surface area contributed by atoms with Crippen LogP contribution in [0.4, 0.5) is 5.69 Å². The smallest absolute Gasteiger partial charge is 0.0903 e. The molecule has 0 saturated heterocycles. The topological polar surface area (TPSA) is 40.5 Å². The first kappa shape index (κ1) is 33.2. The van der Waals surface area contributed by atoms with Crippen molar-refractivity contribution >= 4 is 71.9 Å². The van der Waals surface area contributed by atoms with Gasteiger partial charge in [-0.1, -0.05) is 116 Å². The molecule has 1 unspecified atom stereocenters. The highest BCUT2D eigenvalue weighted by molar-refractivity contribution is 7.21. The number of aromatic nitrogens is 1. The number of nitrogens with one attached hydrogen (secondary N) is 1. The van der Waals surface area contributed by atoms with Crippen molar-refractivity contribution in [3.8, 4) is 33.5 Å². The molecule has 4 heteroatoms. The van der Waals surface area contributed by atoms with E-state index in [1.807, 2.05) is 6.20 Å². The minimum Gasteiger partial charge on any atom is -0.361 e. The van der Waals surface area contributed by atoms with Crippen LogP contribution in [0.5, 0.6) is 0 Å². The van der Waals surface area contributed by atoms with Crippen LogP contribution in [0.1, 0.15) is 30.2 Å². The lowest BCUT2D eigenvalue weighted by molar-refractivity contribution is 0.700. The van der Waals surface area contributed by atoms with Gasteiger partial charge in [-0.25, -0.2) is 0 Å². The number of aliphatic imine (C=N–C) groups is 2. The standard InChI is InChI=1S/C51H39N3S/c1-32-23-24-35(26-32)49(51-50(52-2)45-16-7-8-22-48(45)55-51)54-31-33-27-36(39-17-9-19-42-41(39)18-10-20-44(42)47-21-11-25-53-47)29-37(28-33)46-30-34-12-3-4-13-38(34)40-14-5-6-15-43(40)46/h3-22,25-30,32,53H,2,23-24,31H2,1H3. The van der Waals surface area contributed by atoms with Crippen LogP contribution in [-0.2, 0) is 6.54 Å². The summed E-state index contributed by atoms with van der Waals surface area (Å²) in [5, 5.41) is 8.61. The predicted octanol–water partition coefficient (Wildman–Crippen LogP) is 14.4. The molecule has 1 aliphatic rings. The highest BCUT2D eigenvalue weighted by atomic mass is 32.1. The molecule has 1 aliphatic carbocycles. The fraction of sp³-hybridized carbons (Fsp3) is 0.0980.